The van der Waals surface area contributed by atoms with E-state index in [1.807, 2.05) is 44.1 Å². The van der Waals surface area contributed by atoms with Crippen LogP contribution in [0.25, 0.3) is 0 Å². The molecular weight excluding hydrogens is 542 g/mol. The molecule has 0 unspecified atom stereocenters. The molecule has 0 aliphatic heterocycles. The van der Waals surface area contributed by atoms with Crippen molar-refractivity contribution in [2.24, 2.45) is 0 Å². The van der Waals surface area contributed by atoms with Crippen molar-refractivity contribution < 1.29 is 22.8 Å². The van der Waals surface area contributed by atoms with Crippen molar-refractivity contribution in [3.05, 3.63) is 82.4 Å². The van der Waals surface area contributed by atoms with Gasteiger partial charge < -0.3 is 25.8 Å². The van der Waals surface area contributed by atoms with E-state index in [0.29, 0.717) is 35.7 Å². The van der Waals surface area contributed by atoms with E-state index in [-0.39, 0.29) is 38.7 Å². The molecule has 3 aromatic carbocycles. The normalized spacial score (nSPS) is 12.8. The Morgan fingerprint density at radius 1 is 0.732 bits per heavy atom. The summed E-state index contributed by atoms with van der Waals surface area (Å²) in [5.41, 5.74) is 2.73. The number of hydrogen-bond acceptors (Lipinski definition) is 9. The van der Waals surface area contributed by atoms with E-state index in [2.05, 4.69) is 16.0 Å². The molecule has 0 aromatic heterocycles. The largest absolute Gasteiger partial charge is 0.383 e. The van der Waals surface area contributed by atoms with Crippen molar-refractivity contribution in [1.29, 1.82) is 0 Å². The van der Waals surface area contributed by atoms with E-state index in [4.69, 9.17) is 0 Å². The highest BCUT2D eigenvalue weighted by Crippen LogP contribution is 2.37. The number of carbonyl (C=O) groups is 3. The van der Waals surface area contributed by atoms with Crippen LogP contribution in [0.2, 0.25) is 0 Å². The molecule has 1 amide bonds. The first kappa shape index (κ1) is 29.9. The van der Waals surface area contributed by atoms with Gasteiger partial charge in [-0.15, -0.1) is 0 Å². The van der Waals surface area contributed by atoms with Crippen molar-refractivity contribution in [2.75, 3.05) is 76.6 Å². The van der Waals surface area contributed by atoms with Crippen LogP contribution >= 0.6 is 0 Å². The fourth-order valence-corrected chi connectivity index (χ4v) is 5.16. The van der Waals surface area contributed by atoms with Gasteiger partial charge in [0.25, 0.3) is 5.91 Å². The van der Waals surface area contributed by atoms with Gasteiger partial charge in [-0.05, 0) is 82.8 Å². The number of fused-ring (bicyclic) bond motifs is 2. The molecule has 10 nitrogen and oxygen atoms in total. The summed E-state index contributed by atoms with van der Waals surface area (Å²) in [5, 5.41) is 9.32. The summed E-state index contributed by atoms with van der Waals surface area (Å²) in [6.07, 6.45) is 1.11. The van der Waals surface area contributed by atoms with Gasteiger partial charge in [0.05, 0.1) is 16.0 Å². The van der Waals surface area contributed by atoms with Crippen LogP contribution in [0, 0.1) is 0 Å². The Bertz CT molecular complexity index is 1600. The molecule has 11 heteroatoms. The van der Waals surface area contributed by atoms with Crippen LogP contribution < -0.4 is 16.0 Å². The fourth-order valence-electron chi connectivity index (χ4n) is 4.53. The predicted molar refractivity (Wildman–Crippen MR) is 161 cm³/mol. The molecule has 1 aliphatic carbocycles. The average molecular weight is 578 g/mol. The average Bonchev–Trinajstić information content (AvgIpc) is 2.91. The summed E-state index contributed by atoms with van der Waals surface area (Å²) in [6, 6.07) is 13.9. The predicted octanol–water partition coefficient (Wildman–Crippen LogP) is 3.06. The van der Waals surface area contributed by atoms with E-state index < -0.39 is 15.7 Å². The number of likely N-dealkylation sites (N-methyl/N-ethyl adjacent to an activating group) is 2. The fraction of sp³-hybridized carbons (Fsp3) is 0.300. The summed E-state index contributed by atoms with van der Waals surface area (Å²) < 4.78 is 23.4. The Kier molecular flexibility index (Phi) is 8.91. The lowest BCUT2D eigenvalue weighted by Gasteiger charge is -2.25. The summed E-state index contributed by atoms with van der Waals surface area (Å²) in [7, 11) is 4.45. The molecule has 41 heavy (non-hydrogen) atoms. The zero-order chi connectivity index (χ0) is 29.9. The Balaban J connectivity index is 1.67. The topological polar surface area (TPSA) is 128 Å². The SMILES string of the molecule is CN(C)CCNc1ccc(NCCN(C)C)c2c1C(=O)c1ccc(C(=O)Nc3ccc(S(C)(=O)=O)cc3)cc1C2=O. The van der Waals surface area contributed by atoms with E-state index in [1.165, 1.54) is 42.5 Å². The third-order valence-corrected chi connectivity index (χ3v) is 7.85. The third kappa shape index (κ3) is 6.82. The molecule has 0 saturated carbocycles. The van der Waals surface area contributed by atoms with E-state index in [1.54, 1.807) is 6.07 Å². The standard InChI is InChI=1S/C30H35N5O5S/c1-34(2)16-14-31-24-12-13-25(32-15-17-35(3)4)27-26(24)28(36)22-11-6-19(18-23(22)29(27)37)30(38)33-20-7-9-21(10-8-20)41(5,39)40/h6-13,18,31-32H,14-17H2,1-5H3,(H,33,38). The number of carbonyl (C=O) groups excluding carboxylic acids is 3. The Hall–Kier alpha value is -4.06. The molecule has 3 N–H and O–H groups in total. The van der Waals surface area contributed by atoms with Crippen molar-refractivity contribution in [1.82, 2.24) is 9.80 Å². The van der Waals surface area contributed by atoms with Gasteiger partial charge in [0.2, 0.25) is 0 Å². The first-order valence-corrected chi connectivity index (χ1v) is 15.0. The minimum atomic E-state index is -3.37. The molecule has 0 radical (unpaired) electrons. The molecular formula is C30H35N5O5S. The molecule has 0 atom stereocenters. The molecule has 0 spiro atoms. The van der Waals surface area contributed by atoms with Gasteiger partial charge in [0.15, 0.2) is 21.4 Å². The summed E-state index contributed by atoms with van der Waals surface area (Å²) in [4.78, 5) is 45.0. The van der Waals surface area contributed by atoms with Crippen LogP contribution in [-0.2, 0) is 9.84 Å². The van der Waals surface area contributed by atoms with Gasteiger partial charge in [0, 0.05) is 66.2 Å². The molecule has 0 saturated heterocycles. The highest BCUT2D eigenvalue weighted by Gasteiger charge is 2.34. The maximum Gasteiger partial charge on any atom is 0.255 e. The number of amides is 1. The minimum Gasteiger partial charge on any atom is -0.383 e. The molecule has 1 aliphatic rings. The van der Waals surface area contributed by atoms with Crippen LogP contribution in [0.1, 0.15) is 42.2 Å². The summed E-state index contributed by atoms with van der Waals surface area (Å²) >= 11 is 0. The van der Waals surface area contributed by atoms with Crippen LogP contribution in [0.3, 0.4) is 0 Å². The van der Waals surface area contributed by atoms with Crippen LogP contribution in [0.5, 0.6) is 0 Å². The lowest BCUT2D eigenvalue weighted by molar-refractivity contribution is 0.0979. The lowest BCUT2D eigenvalue weighted by atomic mass is 9.81. The van der Waals surface area contributed by atoms with E-state index >= 15 is 0 Å². The van der Waals surface area contributed by atoms with Crippen LogP contribution in [0.15, 0.2) is 59.5 Å². The van der Waals surface area contributed by atoms with Crippen LogP contribution in [-0.4, -0.2) is 96.3 Å². The smallest absolute Gasteiger partial charge is 0.255 e. The summed E-state index contributed by atoms with van der Waals surface area (Å²) in [5.74, 6) is -1.12. The number of benzene rings is 3. The van der Waals surface area contributed by atoms with E-state index in [0.717, 1.165) is 19.3 Å². The van der Waals surface area contributed by atoms with Crippen molar-refractivity contribution in [3.63, 3.8) is 0 Å². The number of ketones is 2. The summed E-state index contributed by atoms with van der Waals surface area (Å²) in [6.45, 7) is 2.63. The Morgan fingerprint density at radius 3 is 1.73 bits per heavy atom. The number of nitrogens with zero attached hydrogens (tertiary/aromatic N) is 2. The van der Waals surface area contributed by atoms with Crippen molar-refractivity contribution in [3.8, 4) is 0 Å². The van der Waals surface area contributed by atoms with Crippen molar-refractivity contribution >= 4 is 44.4 Å². The highest BCUT2D eigenvalue weighted by atomic mass is 32.2. The lowest BCUT2D eigenvalue weighted by Crippen LogP contribution is -2.27. The molecule has 0 bridgehead atoms. The second-order valence-electron chi connectivity index (χ2n) is 10.5. The Labute approximate surface area is 240 Å². The first-order valence-electron chi connectivity index (χ1n) is 13.2. The van der Waals surface area contributed by atoms with Gasteiger partial charge in [-0.3, -0.25) is 14.4 Å². The number of hydrogen-bond donors (Lipinski definition) is 3. The zero-order valence-electron chi connectivity index (χ0n) is 23.9. The second kappa shape index (κ2) is 12.2. The number of sulfone groups is 1. The third-order valence-electron chi connectivity index (χ3n) is 6.72. The molecule has 3 aromatic rings. The monoisotopic (exact) mass is 577 g/mol. The van der Waals surface area contributed by atoms with Gasteiger partial charge in [0.1, 0.15) is 0 Å². The van der Waals surface area contributed by atoms with Gasteiger partial charge in [-0.2, -0.15) is 0 Å². The van der Waals surface area contributed by atoms with Crippen molar-refractivity contribution in [2.45, 2.75) is 4.90 Å². The zero-order valence-corrected chi connectivity index (χ0v) is 24.7. The second-order valence-corrected chi connectivity index (χ2v) is 12.6. The maximum absolute atomic E-state index is 13.9. The van der Waals surface area contributed by atoms with Crippen LogP contribution in [0.4, 0.5) is 17.1 Å². The molecule has 216 valence electrons. The van der Waals surface area contributed by atoms with Gasteiger partial charge in [-0.1, -0.05) is 0 Å². The highest BCUT2D eigenvalue weighted by molar-refractivity contribution is 7.90. The maximum atomic E-state index is 13.9. The van der Waals surface area contributed by atoms with Gasteiger partial charge in [-0.25, -0.2) is 8.42 Å². The van der Waals surface area contributed by atoms with E-state index in [9.17, 15) is 22.8 Å². The molecule has 0 heterocycles. The molecule has 0 fully saturated rings. The quantitative estimate of drug-likeness (QED) is 0.246. The number of anilines is 3. The van der Waals surface area contributed by atoms with Gasteiger partial charge >= 0.3 is 0 Å². The number of rotatable bonds is 11. The minimum absolute atomic E-state index is 0.137. The molecule has 4 rings (SSSR count). The number of nitrogens with one attached hydrogen (secondary N) is 3. The first-order chi connectivity index (χ1) is 19.4. The Morgan fingerprint density at radius 2 is 1.24 bits per heavy atom.